The van der Waals surface area contributed by atoms with Gasteiger partial charge in [0.15, 0.2) is 0 Å². The molecule has 1 aromatic heterocycles. The largest absolute Gasteiger partial charge is 0.465 e. The maximum atomic E-state index is 12.6. The first-order valence-electron chi connectivity index (χ1n) is 8.25. The summed E-state index contributed by atoms with van der Waals surface area (Å²) in [6, 6.07) is 0.0300. The SMILES string of the molecule is CCc1[nH]c(C(=O)NC2CCN(C(C)=O)CC2)c(C)c1C(=O)OC. The lowest BCUT2D eigenvalue weighted by molar-refractivity contribution is -0.129. The monoisotopic (exact) mass is 335 g/mol. The summed E-state index contributed by atoms with van der Waals surface area (Å²) in [5, 5.41) is 3.00. The molecule has 24 heavy (non-hydrogen) atoms. The zero-order valence-corrected chi connectivity index (χ0v) is 14.7. The number of aromatic nitrogens is 1. The molecule has 0 spiro atoms. The van der Waals surface area contributed by atoms with Gasteiger partial charge in [-0.15, -0.1) is 0 Å². The fraction of sp³-hybridized carbons (Fsp3) is 0.588. The van der Waals surface area contributed by atoms with Crippen molar-refractivity contribution >= 4 is 17.8 Å². The molecule has 0 radical (unpaired) electrons. The molecule has 1 aliphatic heterocycles. The Balaban J connectivity index is 2.09. The molecule has 2 rings (SSSR count). The van der Waals surface area contributed by atoms with E-state index in [1.807, 2.05) is 6.92 Å². The van der Waals surface area contributed by atoms with Crippen LogP contribution in [0.1, 0.15) is 58.8 Å². The summed E-state index contributed by atoms with van der Waals surface area (Å²) in [6.07, 6.45) is 2.07. The first-order valence-corrected chi connectivity index (χ1v) is 8.25. The van der Waals surface area contributed by atoms with Gasteiger partial charge in [0.1, 0.15) is 5.69 Å². The van der Waals surface area contributed by atoms with Gasteiger partial charge in [0.2, 0.25) is 5.91 Å². The number of H-pyrrole nitrogens is 1. The van der Waals surface area contributed by atoms with Crippen LogP contribution in [0.25, 0.3) is 0 Å². The minimum atomic E-state index is -0.436. The number of hydrogen-bond acceptors (Lipinski definition) is 4. The number of nitrogens with one attached hydrogen (secondary N) is 2. The second-order valence-corrected chi connectivity index (χ2v) is 6.08. The van der Waals surface area contributed by atoms with Crippen LogP contribution in [-0.2, 0) is 16.0 Å². The van der Waals surface area contributed by atoms with Crippen LogP contribution >= 0.6 is 0 Å². The number of amides is 2. The van der Waals surface area contributed by atoms with E-state index in [-0.39, 0.29) is 17.9 Å². The summed E-state index contributed by atoms with van der Waals surface area (Å²) < 4.78 is 4.81. The highest BCUT2D eigenvalue weighted by molar-refractivity contribution is 6.00. The van der Waals surface area contributed by atoms with Gasteiger partial charge in [0.25, 0.3) is 5.91 Å². The number of carbonyl (C=O) groups is 3. The predicted octanol–water partition coefficient (Wildman–Crippen LogP) is 1.41. The third-order valence-electron chi connectivity index (χ3n) is 4.57. The lowest BCUT2D eigenvalue weighted by Crippen LogP contribution is -2.46. The predicted molar refractivity (Wildman–Crippen MR) is 89.0 cm³/mol. The fourth-order valence-electron chi connectivity index (χ4n) is 3.13. The number of rotatable bonds is 4. The van der Waals surface area contributed by atoms with Crippen molar-refractivity contribution in [1.29, 1.82) is 0 Å². The maximum Gasteiger partial charge on any atom is 0.339 e. The van der Waals surface area contributed by atoms with E-state index < -0.39 is 5.97 Å². The minimum Gasteiger partial charge on any atom is -0.465 e. The van der Waals surface area contributed by atoms with E-state index >= 15 is 0 Å². The van der Waals surface area contributed by atoms with Gasteiger partial charge in [-0.2, -0.15) is 0 Å². The molecule has 0 saturated carbocycles. The number of methoxy groups -OCH3 is 1. The first-order chi connectivity index (χ1) is 11.4. The molecule has 0 atom stereocenters. The number of carbonyl (C=O) groups excluding carboxylic acids is 3. The van der Waals surface area contributed by atoms with Crippen molar-refractivity contribution in [3.63, 3.8) is 0 Å². The van der Waals surface area contributed by atoms with Crippen LogP contribution in [0, 0.1) is 6.92 Å². The van der Waals surface area contributed by atoms with Crippen LogP contribution in [0.3, 0.4) is 0 Å². The van der Waals surface area contributed by atoms with Crippen molar-refractivity contribution in [2.45, 2.75) is 46.1 Å². The molecule has 7 nitrogen and oxygen atoms in total. The molecule has 132 valence electrons. The quantitative estimate of drug-likeness (QED) is 0.814. The van der Waals surface area contributed by atoms with Crippen molar-refractivity contribution in [3.05, 3.63) is 22.5 Å². The zero-order valence-electron chi connectivity index (χ0n) is 14.7. The van der Waals surface area contributed by atoms with E-state index in [1.165, 1.54) is 7.11 Å². The molecule has 1 aromatic rings. The number of aromatic amines is 1. The Morgan fingerprint density at radius 1 is 1.29 bits per heavy atom. The number of aryl methyl sites for hydroxylation is 1. The number of hydrogen-bond donors (Lipinski definition) is 2. The topological polar surface area (TPSA) is 91.5 Å². The molecule has 1 saturated heterocycles. The van der Waals surface area contributed by atoms with E-state index in [4.69, 9.17) is 4.74 Å². The summed E-state index contributed by atoms with van der Waals surface area (Å²) in [7, 11) is 1.33. The van der Waals surface area contributed by atoms with Crippen molar-refractivity contribution in [3.8, 4) is 0 Å². The highest BCUT2D eigenvalue weighted by Gasteiger charge is 2.26. The van der Waals surface area contributed by atoms with Gasteiger partial charge < -0.3 is 19.9 Å². The number of nitrogens with zero attached hydrogens (tertiary/aromatic N) is 1. The van der Waals surface area contributed by atoms with Crippen molar-refractivity contribution in [2.24, 2.45) is 0 Å². The summed E-state index contributed by atoms with van der Waals surface area (Å²) >= 11 is 0. The number of piperidine rings is 1. The van der Waals surface area contributed by atoms with Crippen molar-refractivity contribution in [2.75, 3.05) is 20.2 Å². The van der Waals surface area contributed by atoms with Gasteiger partial charge in [-0.25, -0.2) is 4.79 Å². The molecule has 0 unspecified atom stereocenters. The molecule has 0 bridgehead atoms. The summed E-state index contributed by atoms with van der Waals surface area (Å²) in [6.45, 7) is 6.52. The molecule has 2 heterocycles. The molecule has 7 heteroatoms. The van der Waals surface area contributed by atoms with Gasteiger partial charge in [-0.3, -0.25) is 9.59 Å². The van der Waals surface area contributed by atoms with Crippen molar-refractivity contribution in [1.82, 2.24) is 15.2 Å². The number of likely N-dealkylation sites (tertiary alicyclic amines) is 1. The molecule has 1 aliphatic rings. The summed E-state index contributed by atoms with van der Waals surface area (Å²) in [4.78, 5) is 40.7. The second kappa shape index (κ2) is 7.51. The Morgan fingerprint density at radius 3 is 2.42 bits per heavy atom. The van der Waals surface area contributed by atoms with Gasteiger partial charge in [-0.1, -0.05) is 6.92 Å². The Kier molecular flexibility index (Phi) is 5.64. The van der Waals surface area contributed by atoms with Gasteiger partial charge >= 0.3 is 5.97 Å². The van der Waals surface area contributed by atoms with E-state index in [2.05, 4.69) is 10.3 Å². The first kappa shape index (κ1) is 18.0. The van der Waals surface area contributed by atoms with E-state index in [1.54, 1.807) is 18.7 Å². The van der Waals surface area contributed by atoms with Gasteiger partial charge in [0.05, 0.1) is 12.7 Å². The third kappa shape index (κ3) is 3.60. The highest BCUT2D eigenvalue weighted by atomic mass is 16.5. The van der Waals surface area contributed by atoms with Crippen LogP contribution in [-0.4, -0.2) is 53.9 Å². The van der Waals surface area contributed by atoms with Crippen LogP contribution in [0.5, 0.6) is 0 Å². The second-order valence-electron chi connectivity index (χ2n) is 6.08. The normalized spacial score (nSPS) is 15.2. The average molecular weight is 335 g/mol. The molecule has 1 fully saturated rings. The van der Waals surface area contributed by atoms with E-state index in [0.29, 0.717) is 42.0 Å². The van der Waals surface area contributed by atoms with Crippen LogP contribution in [0.2, 0.25) is 0 Å². The Bertz CT molecular complexity index is 643. The van der Waals surface area contributed by atoms with Crippen molar-refractivity contribution < 1.29 is 19.1 Å². The van der Waals surface area contributed by atoms with E-state index in [0.717, 1.165) is 12.8 Å². The molecule has 0 aliphatic carbocycles. The van der Waals surface area contributed by atoms with Gasteiger partial charge in [-0.05, 0) is 31.7 Å². The molecule has 2 amide bonds. The Labute approximate surface area is 141 Å². The molecular weight excluding hydrogens is 310 g/mol. The van der Waals surface area contributed by atoms with Crippen LogP contribution < -0.4 is 5.32 Å². The maximum absolute atomic E-state index is 12.6. The number of esters is 1. The summed E-state index contributed by atoms with van der Waals surface area (Å²) in [5.41, 5.74) is 2.16. The Morgan fingerprint density at radius 2 is 1.92 bits per heavy atom. The number of ether oxygens (including phenoxy) is 1. The third-order valence-corrected chi connectivity index (χ3v) is 4.57. The minimum absolute atomic E-state index is 0.0300. The van der Waals surface area contributed by atoms with E-state index in [9.17, 15) is 14.4 Å². The molecular formula is C17H25N3O4. The smallest absolute Gasteiger partial charge is 0.339 e. The highest BCUT2D eigenvalue weighted by Crippen LogP contribution is 2.21. The van der Waals surface area contributed by atoms with Crippen LogP contribution in [0.4, 0.5) is 0 Å². The average Bonchev–Trinajstić information content (AvgIpc) is 2.91. The fourth-order valence-corrected chi connectivity index (χ4v) is 3.13. The lowest BCUT2D eigenvalue weighted by Gasteiger charge is -2.31. The standard InChI is InChI=1S/C17H25N3O4/c1-5-13-14(17(23)24-4)10(2)15(19-13)16(22)18-12-6-8-20(9-7-12)11(3)21/h12,19H,5-9H2,1-4H3,(H,18,22). The molecule has 0 aromatic carbocycles. The summed E-state index contributed by atoms with van der Waals surface area (Å²) in [5.74, 6) is -0.594. The Hall–Kier alpha value is -2.31. The molecule has 2 N–H and O–H groups in total. The van der Waals surface area contributed by atoms with Crippen LogP contribution in [0.15, 0.2) is 0 Å². The zero-order chi connectivity index (χ0) is 17.9. The lowest BCUT2D eigenvalue weighted by atomic mass is 10.0. The van der Waals surface area contributed by atoms with Gasteiger partial charge in [0, 0.05) is 31.7 Å².